The van der Waals surface area contributed by atoms with Crippen LogP contribution in [0.5, 0.6) is 17.2 Å². The van der Waals surface area contributed by atoms with Crippen molar-refractivity contribution in [3.63, 3.8) is 0 Å². The van der Waals surface area contributed by atoms with Gasteiger partial charge in [0.1, 0.15) is 17.3 Å². The van der Waals surface area contributed by atoms with Gasteiger partial charge in [0.25, 0.3) is 5.91 Å². The van der Waals surface area contributed by atoms with Gasteiger partial charge >= 0.3 is 0 Å². The minimum Gasteiger partial charge on any atom is -0.496 e. The number of furan rings is 1. The normalized spacial score (nSPS) is 14.7. The van der Waals surface area contributed by atoms with Gasteiger partial charge in [-0.15, -0.1) is 10.2 Å². The molecule has 0 radical (unpaired) electrons. The first-order valence-corrected chi connectivity index (χ1v) is 11.2. The molecule has 0 aliphatic carbocycles. The van der Waals surface area contributed by atoms with Gasteiger partial charge in [0, 0.05) is 44.2 Å². The van der Waals surface area contributed by atoms with E-state index in [-0.39, 0.29) is 11.9 Å². The molecule has 1 aliphatic heterocycles. The van der Waals surface area contributed by atoms with Gasteiger partial charge < -0.3 is 28.5 Å². The van der Waals surface area contributed by atoms with E-state index in [0.29, 0.717) is 29.4 Å². The summed E-state index contributed by atoms with van der Waals surface area (Å²) >= 11 is 0. The zero-order valence-electron chi connectivity index (χ0n) is 20.3. The maximum absolute atomic E-state index is 12.6. The molecule has 1 atom stereocenters. The van der Waals surface area contributed by atoms with Crippen molar-refractivity contribution in [1.82, 2.24) is 25.0 Å². The van der Waals surface area contributed by atoms with Gasteiger partial charge in [0.15, 0.2) is 17.3 Å². The molecule has 4 rings (SSSR count). The van der Waals surface area contributed by atoms with Gasteiger partial charge in [0.05, 0.1) is 39.2 Å². The van der Waals surface area contributed by atoms with Crippen molar-refractivity contribution in [1.29, 1.82) is 0 Å². The molecule has 0 unspecified atom stereocenters. The van der Waals surface area contributed by atoms with E-state index in [0.717, 1.165) is 49.0 Å². The van der Waals surface area contributed by atoms with E-state index >= 15 is 0 Å². The minimum absolute atomic E-state index is 0.188. The summed E-state index contributed by atoms with van der Waals surface area (Å²) in [7, 11) is 4.89. The molecule has 34 heavy (non-hydrogen) atoms. The van der Waals surface area contributed by atoms with E-state index in [9.17, 15) is 4.79 Å². The predicted molar refractivity (Wildman–Crippen MR) is 124 cm³/mol. The molecular formula is C24H31N5O5. The fourth-order valence-electron chi connectivity index (χ4n) is 4.28. The van der Waals surface area contributed by atoms with E-state index in [1.54, 1.807) is 34.3 Å². The topological polar surface area (TPSA) is 104 Å². The third-order valence-corrected chi connectivity index (χ3v) is 6.17. The molecule has 1 aromatic carbocycles. The summed E-state index contributed by atoms with van der Waals surface area (Å²) in [6.45, 7) is 6.73. The Labute approximate surface area is 198 Å². The van der Waals surface area contributed by atoms with Crippen LogP contribution in [0.3, 0.4) is 0 Å². The number of aryl methyl sites for hydroxylation is 1. The Balaban J connectivity index is 1.46. The SMILES string of the molecule is COc1cc(OC)c(OC)cc1CN1CCc2nnc([C@@H](C)NC(=O)c3ccoc3C)n2CC1. The van der Waals surface area contributed by atoms with Gasteiger partial charge in [-0.3, -0.25) is 9.69 Å². The lowest BCUT2D eigenvalue weighted by atomic mass is 10.1. The van der Waals surface area contributed by atoms with Gasteiger partial charge in [0.2, 0.25) is 0 Å². The first kappa shape index (κ1) is 23.6. The second-order valence-corrected chi connectivity index (χ2v) is 8.26. The first-order chi connectivity index (χ1) is 16.4. The number of nitrogens with one attached hydrogen (secondary N) is 1. The number of amides is 1. The minimum atomic E-state index is -0.291. The molecule has 3 heterocycles. The monoisotopic (exact) mass is 469 g/mol. The standard InChI is InChI=1S/C24H31N5O5/c1-15(25-24(30)18-7-11-34-16(18)2)23-27-26-22-6-8-28(9-10-29(22)23)14-17-12-20(32-4)21(33-5)13-19(17)31-3/h7,11-13,15H,6,8-10,14H2,1-5H3,(H,25,30)/t15-/m1/s1. The van der Waals surface area contributed by atoms with Gasteiger partial charge in [-0.1, -0.05) is 0 Å². The van der Waals surface area contributed by atoms with Crippen molar-refractivity contribution in [3.05, 3.63) is 53.0 Å². The van der Waals surface area contributed by atoms with Crippen LogP contribution in [0, 0.1) is 6.92 Å². The number of aromatic nitrogens is 3. The fraction of sp³-hybridized carbons (Fsp3) is 0.458. The lowest BCUT2D eigenvalue weighted by molar-refractivity contribution is 0.0936. The highest BCUT2D eigenvalue weighted by Crippen LogP contribution is 2.35. The number of methoxy groups -OCH3 is 3. The number of carbonyl (C=O) groups is 1. The molecule has 182 valence electrons. The zero-order chi connectivity index (χ0) is 24.2. The lowest BCUT2D eigenvalue weighted by Gasteiger charge is -2.22. The van der Waals surface area contributed by atoms with Crippen LogP contribution in [0.4, 0.5) is 0 Å². The maximum Gasteiger partial charge on any atom is 0.255 e. The fourth-order valence-corrected chi connectivity index (χ4v) is 4.28. The Morgan fingerprint density at radius 2 is 1.82 bits per heavy atom. The zero-order valence-corrected chi connectivity index (χ0v) is 20.3. The molecule has 1 amide bonds. The molecule has 1 N–H and O–H groups in total. The van der Waals surface area contributed by atoms with Crippen LogP contribution in [-0.4, -0.2) is 60.0 Å². The van der Waals surface area contributed by atoms with Crippen molar-refractivity contribution >= 4 is 5.91 Å². The van der Waals surface area contributed by atoms with Crippen LogP contribution >= 0.6 is 0 Å². The Kier molecular flexibility index (Phi) is 7.06. The van der Waals surface area contributed by atoms with Crippen LogP contribution in [-0.2, 0) is 19.5 Å². The van der Waals surface area contributed by atoms with Crippen LogP contribution in [0.25, 0.3) is 0 Å². The van der Waals surface area contributed by atoms with E-state index in [2.05, 4.69) is 25.0 Å². The summed E-state index contributed by atoms with van der Waals surface area (Å²) in [4.78, 5) is 15.0. The average Bonchev–Trinajstić information content (AvgIpc) is 3.40. The van der Waals surface area contributed by atoms with E-state index in [4.69, 9.17) is 18.6 Å². The summed E-state index contributed by atoms with van der Waals surface area (Å²) in [6.07, 6.45) is 2.27. The first-order valence-electron chi connectivity index (χ1n) is 11.2. The molecule has 0 bridgehead atoms. The van der Waals surface area contributed by atoms with E-state index < -0.39 is 0 Å². The molecule has 0 spiro atoms. The van der Waals surface area contributed by atoms with Crippen molar-refractivity contribution < 1.29 is 23.4 Å². The Hall–Kier alpha value is -3.53. The van der Waals surface area contributed by atoms with Crippen molar-refractivity contribution in [2.45, 2.75) is 39.4 Å². The second kappa shape index (κ2) is 10.2. The van der Waals surface area contributed by atoms with E-state index in [1.165, 1.54) is 6.26 Å². The molecule has 10 nitrogen and oxygen atoms in total. The Bertz CT molecular complexity index is 1150. The summed E-state index contributed by atoms with van der Waals surface area (Å²) in [5.41, 5.74) is 1.55. The number of benzene rings is 1. The van der Waals surface area contributed by atoms with Crippen LogP contribution in [0.15, 0.2) is 28.9 Å². The quantitative estimate of drug-likeness (QED) is 0.537. The van der Waals surface area contributed by atoms with Crippen LogP contribution < -0.4 is 19.5 Å². The third kappa shape index (κ3) is 4.72. The largest absolute Gasteiger partial charge is 0.496 e. The number of carbonyl (C=O) groups excluding carboxylic acids is 1. The second-order valence-electron chi connectivity index (χ2n) is 8.26. The maximum atomic E-state index is 12.6. The molecular weight excluding hydrogens is 438 g/mol. The summed E-state index contributed by atoms with van der Waals surface area (Å²) in [5.74, 6) is 4.12. The molecule has 0 fully saturated rings. The number of hydrogen-bond donors (Lipinski definition) is 1. The van der Waals surface area contributed by atoms with Crippen molar-refractivity contribution in [2.75, 3.05) is 34.4 Å². The van der Waals surface area contributed by atoms with E-state index in [1.807, 2.05) is 19.1 Å². The highest BCUT2D eigenvalue weighted by molar-refractivity contribution is 5.95. The average molecular weight is 470 g/mol. The summed E-state index contributed by atoms with van der Waals surface area (Å²) < 4.78 is 23.8. The van der Waals surface area contributed by atoms with Crippen molar-refractivity contribution in [3.8, 4) is 17.2 Å². The highest BCUT2D eigenvalue weighted by Gasteiger charge is 2.24. The number of rotatable bonds is 8. The molecule has 0 saturated carbocycles. The van der Waals surface area contributed by atoms with Crippen LogP contribution in [0.1, 0.15) is 46.3 Å². The van der Waals surface area contributed by atoms with Crippen molar-refractivity contribution in [2.24, 2.45) is 0 Å². The third-order valence-electron chi connectivity index (χ3n) is 6.17. The lowest BCUT2D eigenvalue weighted by Crippen LogP contribution is -2.30. The molecule has 0 saturated heterocycles. The number of nitrogens with zero attached hydrogens (tertiary/aromatic N) is 4. The summed E-state index contributed by atoms with van der Waals surface area (Å²) in [5, 5.41) is 11.8. The molecule has 10 heteroatoms. The Morgan fingerprint density at radius 1 is 1.09 bits per heavy atom. The number of ether oxygens (including phenoxy) is 3. The van der Waals surface area contributed by atoms with Gasteiger partial charge in [-0.05, 0) is 26.0 Å². The number of hydrogen-bond acceptors (Lipinski definition) is 8. The van der Waals surface area contributed by atoms with Gasteiger partial charge in [-0.25, -0.2) is 0 Å². The molecule has 1 aliphatic rings. The Morgan fingerprint density at radius 3 is 2.50 bits per heavy atom. The van der Waals surface area contributed by atoms with Crippen LogP contribution in [0.2, 0.25) is 0 Å². The summed E-state index contributed by atoms with van der Waals surface area (Å²) in [6, 6.07) is 5.19. The molecule has 3 aromatic rings. The molecule has 2 aromatic heterocycles. The highest BCUT2D eigenvalue weighted by atomic mass is 16.5. The number of fused-ring (bicyclic) bond motifs is 1. The predicted octanol–water partition coefficient (Wildman–Crippen LogP) is 2.75. The smallest absolute Gasteiger partial charge is 0.255 e. The van der Waals surface area contributed by atoms with Gasteiger partial charge in [-0.2, -0.15) is 0 Å².